The Morgan fingerprint density at radius 2 is 2.15 bits per heavy atom. The standard InChI is InChI=1S/C20H29FN2O3/c1-26-18-5-4-16(12-17(18)21)13-22-9-2-7-20(14-22)8-6-19(25)23(15-20)10-3-11-24/h4-5,12,24H,2-3,6-11,13-15H2,1H3/t20-/m0/s1. The molecule has 2 aliphatic heterocycles. The van der Waals surface area contributed by atoms with Gasteiger partial charge in [-0.05, 0) is 49.9 Å². The van der Waals surface area contributed by atoms with Crippen molar-refractivity contribution in [2.45, 2.75) is 38.6 Å². The summed E-state index contributed by atoms with van der Waals surface area (Å²) in [4.78, 5) is 16.5. The van der Waals surface area contributed by atoms with Gasteiger partial charge in [0.15, 0.2) is 11.6 Å². The zero-order valence-corrected chi connectivity index (χ0v) is 15.5. The molecule has 144 valence electrons. The minimum atomic E-state index is -0.324. The highest BCUT2D eigenvalue weighted by molar-refractivity contribution is 5.77. The van der Waals surface area contributed by atoms with Gasteiger partial charge < -0.3 is 14.7 Å². The van der Waals surface area contributed by atoms with Crippen LogP contribution in [0.5, 0.6) is 5.75 Å². The van der Waals surface area contributed by atoms with Crippen LogP contribution >= 0.6 is 0 Å². The molecular weight excluding hydrogens is 335 g/mol. The molecule has 0 aliphatic carbocycles. The summed E-state index contributed by atoms with van der Waals surface area (Å²) in [6, 6.07) is 5.15. The van der Waals surface area contributed by atoms with Gasteiger partial charge >= 0.3 is 0 Å². The molecule has 1 aromatic carbocycles. The zero-order valence-electron chi connectivity index (χ0n) is 15.5. The number of hydrogen-bond donors (Lipinski definition) is 1. The molecular formula is C20H29FN2O3. The highest BCUT2D eigenvalue weighted by atomic mass is 19.1. The Hall–Kier alpha value is -1.66. The number of rotatable bonds is 6. The van der Waals surface area contributed by atoms with E-state index in [0.29, 0.717) is 25.9 Å². The molecule has 0 unspecified atom stereocenters. The minimum Gasteiger partial charge on any atom is -0.494 e. The highest BCUT2D eigenvalue weighted by Gasteiger charge is 2.41. The lowest BCUT2D eigenvalue weighted by Gasteiger charge is -2.48. The topological polar surface area (TPSA) is 53.0 Å². The Balaban J connectivity index is 1.65. The van der Waals surface area contributed by atoms with Gasteiger partial charge in [-0.15, -0.1) is 0 Å². The van der Waals surface area contributed by atoms with Crippen molar-refractivity contribution in [3.63, 3.8) is 0 Å². The van der Waals surface area contributed by atoms with Gasteiger partial charge in [-0.1, -0.05) is 6.07 Å². The second-order valence-electron chi connectivity index (χ2n) is 7.68. The number of methoxy groups -OCH3 is 1. The van der Waals surface area contributed by atoms with Crippen molar-refractivity contribution in [1.82, 2.24) is 9.80 Å². The number of piperidine rings is 2. The monoisotopic (exact) mass is 364 g/mol. The van der Waals surface area contributed by atoms with Crippen LogP contribution in [0.3, 0.4) is 0 Å². The molecule has 0 aromatic heterocycles. The molecule has 6 heteroatoms. The fourth-order valence-corrected chi connectivity index (χ4v) is 4.41. The average molecular weight is 364 g/mol. The molecule has 3 rings (SSSR count). The SMILES string of the molecule is COc1ccc(CN2CCC[C@]3(CCC(=O)N(CCCO)C3)C2)cc1F. The molecule has 2 heterocycles. The third-order valence-corrected chi connectivity index (χ3v) is 5.70. The van der Waals surface area contributed by atoms with E-state index in [4.69, 9.17) is 9.84 Å². The molecule has 1 spiro atoms. The van der Waals surface area contributed by atoms with E-state index in [9.17, 15) is 9.18 Å². The van der Waals surface area contributed by atoms with Crippen molar-refractivity contribution < 1.29 is 19.0 Å². The van der Waals surface area contributed by atoms with Crippen LogP contribution in [0, 0.1) is 11.2 Å². The number of hydrogen-bond acceptors (Lipinski definition) is 4. The first-order valence-electron chi connectivity index (χ1n) is 9.49. The lowest BCUT2D eigenvalue weighted by molar-refractivity contribution is -0.139. The first-order valence-corrected chi connectivity index (χ1v) is 9.49. The number of aliphatic hydroxyl groups is 1. The Morgan fingerprint density at radius 1 is 1.31 bits per heavy atom. The molecule has 2 fully saturated rings. The molecule has 1 amide bonds. The Bertz CT molecular complexity index is 639. The fourth-order valence-electron chi connectivity index (χ4n) is 4.41. The van der Waals surface area contributed by atoms with Crippen molar-refractivity contribution in [2.75, 3.05) is 39.9 Å². The number of ether oxygens (including phenoxy) is 1. The fraction of sp³-hybridized carbons (Fsp3) is 0.650. The smallest absolute Gasteiger partial charge is 0.222 e. The van der Waals surface area contributed by atoms with Crippen LogP contribution in [0.2, 0.25) is 0 Å². The Kier molecular flexibility index (Phi) is 6.14. The molecule has 0 bridgehead atoms. The third kappa shape index (κ3) is 4.35. The van der Waals surface area contributed by atoms with E-state index in [1.54, 1.807) is 12.1 Å². The largest absolute Gasteiger partial charge is 0.494 e. The summed E-state index contributed by atoms with van der Waals surface area (Å²) < 4.78 is 18.9. The maximum absolute atomic E-state index is 14.0. The van der Waals surface area contributed by atoms with Crippen molar-refractivity contribution >= 4 is 5.91 Å². The third-order valence-electron chi connectivity index (χ3n) is 5.70. The average Bonchev–Trinajstić information content (AvgIpc) is 2.63. The first-order chi connectivity index (χ1) is 12.5. The Labute approximate surface area is 154 Å². The molecule has 2 aliphatic rings. The number of nitrogens with zero attached hydrogens (tertiary/aromatic N) is 2. The number of halogens is 1. The van der Waals surface area contributed by atoms with Gasteiger partial charge in [0.2, 0.25) is 5.91 Å². The molecule has 1 atom stereocenters. The predicted molar refractivity (Wildman–Crippen MR) is 97.4 cm³/mol. The molecule has 2 saturated heterocycles. The summed E-state index contributed by atoms with van der Waals surface area (Å²) >= 11 is 0. The van der Waals surface area contributed by atoms with Gasteiger partial charge in [0.25, 0.3) is 0 Å². The van der Waals surface area contributed by atoms with E-state index in [0.717, 1.165) is 44.5 Å². The van der Waals surface area contributed by atoms with Gasteiger partial charge in [0.05, 0.1) is 7.11 Å². The second-order valence-corrected chi connectivity index (χ2v) is 7.68. The second kappa shape index (κ2) is 8.35. The summed E-state index contributed by atoms with van der Waals surface area (Å²) in [5.41, 5.74) is 1.08. The number of benzene rings is 1. The van der Waals surface area contributed by atoms with E-state index < -0.39 is 0 Å². The quantitative estimate of drug-likeness (QED) is 0.842. The normalized spacial score (nSPS) is 24.3. The van der Waals surface area contributed by atoms with Crippen LogP contribution in [-0.2, 0) is 11.3 Å². The van der Waals surface area contributed by atoms with Crippen LogP contribution in [-0.4, -0.2) is 60.7 Å². The van der Waals surface area contributed by atoms with E-state index in [2.05, 4.69) is 4.90 Å². The lowest BCUT2D eigenvalue weighted by atomic mass is 9.73. The van der Waals surface area contributed by atoms with Gasteiger partial charge in [-0.2, -0.15) is 0 Å². The molecule has 26 heavy (non-hydrogen) atoms. The number of likely N-dealkylation sites (tertiary alicyclic amines) is 2. The van der Waals surface area contributed by atoms with Crippen molar-refractivity contribution in [3.8, 4) is 5.75 Å². The van der Waals surface area contributed by atoms with E-state index in [1.165, 1.54) is 7.11 Å². The van der Waals surface area contributed by atoms with E-state index >= 15 is 0 Å². The number of amides is 1. The lowest BCUT2D eigenvalue weighted by Crippen LogP contribution is -2.54. The summed E-state index contributed by atoms with van der Waals surface area (Å²) in [5.74, 6) is 0.155. The van der Waals surface area contributed by atoms with Crippen LogP contribution in [0.4, 0.5) is 4.39 Å². The van der Waals surface area contributed by atoms with Gasteiger partial charge in [-0.3, -0.25) is 9.69 Å². The number of carbonyl (C=O) groups is 1. The minimum absolute atomic E-state index is 0.117. The Morgan fingerprint density at radius 3 is 2.88 bits per heavy atom. The maximum atomic E-state index is 14.0. The highest BCUT2D eigenvalue weighted by Crippen LogP contribution is 2.39. The van der Waals surface area contributed by atoms with Crippen LogP contribution in [0.1, 0.15) is 37.7 Å². The van der Waals surface area contributed by atoms with Crippen LogP contribution in [0.15, 0.2) is 18.2 Å². The molecule has 1 N–H and O–H groups in total. The molecule has 5 nitrogen and oxygen atoms in total. The predicted octanol–water partition coefficient (Wildman–Crippen LogP) is 2.42. The van der Waals surface area contributed by atoms with Crippen molar-refractivity contribution in [2.24, 2.45) is 5.41 Å². The van der Waals surface area contributed by atoms with Gasteiger partial charge in [-0.25, -0.2) is 4.39 Å². The molecule has 0 radical (unpaired) electrons. The number of carbonyl (C=O) groups excluding carboxylic acids is 1. The maximum Gasteiger partial charge on any atom is 0.222 e. The summed E-state index contributed by atoms with van der Waals surface area (Å²) in [6.07, 6.45) is 4.38. The summed E-state index contributed by atoms with van der Waals surface area (Å²) in [5, 5.41) is 9.07. The van der Waals surface area contributed by atoms with Crippen LogP contribution in [0.25, 0.3) is 0 Å². The van der Waals surface area contributed by atoms with Crippen LogP contribution < -0.4 is 4.74 Å². The van der Waals surface area contributed by atoms with Gasteiger partial charge in [0, 0.05) is 44.6 Å². The van der Waals surface area contributed by atoms with E-state index in [-0.39, 0.29) is 29.5 Å². The van der Waals surface area contributed by atoms with E-state index in [1.807, 2.05) is 11.0 Å². The van der Waals surface area contributed by atoms with Gasteiger partial charge in [0.1, 0.15) is 0 Å². The number of aliphatic hydroxyl groups excluding tert-OH is 1. The summed E-state index contributed by atoms with van der Waals surface area (Å²) in [7, 11) is 1.47. The molecule has 1 aromatic rings. The summed E-state index contributed by atoms with van der Waals surface area (Å²) in [6.45, 7) is 4.18. The van der Waals surface area contributed by atoms with Crippen molar-refractivity contribution in [1.29, 1.82) is 0 Å². The zero-order chi connectivity index (χ0) is 18.6. The van der Waals surface area contributed by atoms with Crippen molar-refractivity contribution in [3.05, 3.63) is 29.6 Å². The molecule has 0 saturated carbocycles. The first kappa shape index (κ1) is 19.1.